The number of aliphatic hydroxyl groups is 1. The van der Waals surface area contributed by atoms with Gasteiger partial charge in [-0.15, -0.1) is 4.80 Å². The first-order valence-electron chi connectivity index (χ1n) is 11.4. The van der Waals surface area contributed by atoms with Crippen molar-refractivity contribution in [2.24, 2.45) is 0 Å². The van der Waals surface area contributed by atoms with Crippen LogP contribution in [0.4, 0.5) is 9.80 Å². The van der Waals surface area contributed by atoms with E-state index in [0.29, 0.717) is 35.1 Å². The van der Waals surface area contributed by atoms with E-state index in [4.69, 9.17) is 4.74 Å². The lowest BCUT2D eigenvalue weighted by Gasteiger charge is -2.46. The topological polar surface area (TPSA) is 113 Å². The van der Waals surface area contributed by atoms with Crippen molar-refractivity contribution in [3.8, 4) is 10.8 Å². The highest BCUT2D eigenvalue weighted by Crippen LogP contribution is 2.47. The van der Waals surface area contributed by atoms with Gasteiger partial charge in [-0.25, -0.2) is 4.79 Å². The van der Waals surface area contributed by atoms with Crippen LogP contribution in [0.5, 0.6) is 5.75 Å². The van der Waals surface area contributed by atoms with Gasteiger partial charge in [-0.1, -0.05) is 29.5 Å². The van der Waals surface area contributed by atoms with Gasteiger partial charge in [-0.05, 0) is 51.3 Å². The molecule has 1 aliphatic heterocycles. The van der Waals surface area contributed by atoms with Gasteiger partial charge in [-0.2, -0.15) is 10.2 Å². The number of hydrogen-bond donors (Lipinski definition) is 2. The van der Waals surface area contributed by atoms with Gasteiger partial charge in [0.1, 0.15) is 21.3 Å². The molecular weight excluding hydrogens is 468 g/mol. The summed E-state index contributed by atoms with van der Waals surface area (Å²) in [6, 6.07) is 7.21. The number of aromatic nitrogens is 3. The summed E-state index contributed by atoms with van der Waals surface area (Å²) in [6.07, 6.45) is 2.36. The van der Waals surface area contributed by atoms with Crippen molar-refractivity contribution in [1.29, 1.82) is 0 Å². The molecule has 3 heterocycles. The Bertz CT molecular complexity index is 1220. The Kier molecular flexibility index (Phi) is 6.82. The molecule has 1 unspecified atom stereocenters. The fourth-order valence-electron chi connectivity index (χ4n) is 4.34. The average molecular weight is 499 g/mol. The molecule has 1 aromatic carbocycles. The van der Waals surface area contributed by atoms with E-state index in [1.165, 1.54) is 21.0 Å². The summed E-state index contributed by atoms with van der Waals surface area (Å²) in [4.78, 5) is 31.2. The number of ether oxygens (including phenoxy) is 1. The van der Waals surface area contributed by atoms with Crippen LogP contribution in [0.1, 0.15) is 43.7 Å². The van der Waals surface area contributed by atoms with Crippen LogP contribution in [0.3, 0.4) is 0 Å². The predicted molar refractivity (Wildman–Crippen MR) is 133 cm³/mol. The van der Waals surface area contributed by atoms with Crippen molar-refractivity contribution >= 4 is 28.3 Å². The molecule has 186 valence electrons. The molecule has 0 saturated carbocycles. The molecule has 4 rings (SSSR count). The zero-order chi connectivity index (χ0) is 25.3. The average Bonchev–Trinajstić information content (AvgIpc) is 3.47. The van der Waals surface area contributed by atoms with Gasteiger partial charge in [0.05, 0.1) is 19.5 Å². The maximum Gasteiger partial charge on any atom is 0.328 e. The monoisotopic (exact) mass is 498 g/mol. The lowest BCUT2D eigenvalue weighted by molar-refractivity contribution is -0.136. The number of fused-ring (bicyclic) bond motifs is 1. The Morgan fingerprint density at radius 2 is 1.91 bits per heavy atom. The smallest absolute Gasteiger partial charge is 0.328 e. The number of nitrogens with zero attached hydrogens (tertiary/aromatic N) is 5. The standard InChI is InChI=1S/C24H30N6O4S/c1-6-25-22(32)24(3,4)29-19(31)18-15(2)20(30-26-12-13-27-30)35-21(18)28(23(29)33)14-11-16-9-7-8-10-17(16)34-5/h7-10,12-13,19,31H,6,11,14H2,1-5H3,(H,25,32). The molecule has 0 fully saturated rings. The zero-order valence-electron chi connectivity index (χ0n) is 20.5. The first-order chi connectivity index (χ1) is 16.7. The maximum absolute atomic E-state index is 13.9. The lowest BCUT2D eigenvalue weighted by Crippen LogP contribution is -2.63. The minimum atomic E-state index is -1.31. The number of para-hydroxylation sites is 1. The Hall–Kier alpha value is -3.44. The number of hydrogen-bond acceptors (Lipinski definition) is 7. The van der Waals surface area contributed by atoms with E-state index in [2.05, 4.69) is 15.5 Å². The van der Waals surface area contributed by atoms with Crippen molar-refractivity contribution in [3.05, 3.63) is 53.3 Å². The quantitative estimate of drug-likeness (QED) is 0.494. The lowest BCUT2D eigenvalue weighted by atomic mass is 9.97. The van der Waals surface area contributed by atoms with Crippen LogP contribution in [-0.2, 0) is 11.2 Å². The first-order valence-corrected chi connectivity index (χ1v) is 12.2. The number of urea groups is 1. The summed E-state index contributed by atoms with van der Waals surface area (Å²) in [5.41, 5.74) is 0.970. The number of carbonyl (C=O) groups is 2. The summed E-state index contributed by atoms with van der Waals surface area (Å²) in [5, 5.41) is 24.0. The molecule has 10 nitrogen and oxygen atoms in total. The molecule has 11 heteroatoms. The third-order valence-corrected chi connectivity index (χ3v) is 7.52. The van der Waals surface area contributed by atoms with Crippen LogP contribution >= 0.6 is 11.3 Å². The molecule has 35 heavy (non-hydrogen) atoms. The SMILES string of the molecule is CCNC(=O)C(C)(C)N1C(=O)N(CCc2ccccc2OC)c2sc(-n3nccn3)c(C)c2C1O. The predicted octanol–water partition coefficient (Wildman–Crippen LogP) is 3.04. The van der Waals surface area contributed by atoms with Crippen LogP contribution in [0.2, 0.25) is 0 Å². The van der Waals surface area contributed by atoms with Crippen LogP contribution in [0.25, 0.3) is 5.00 Å². The normalized spacial score (nSPS) is 15.8. The highest BCUT2D eigenvalue weighted by atomic mass is 32.1. The molecule has 0 saturated heterocycles. The number of anilines is 1. The van der Waals surface area contributed by atoms with E-state index in [-0.39, 0.29) is 5.91 Å². The molecule has 0 radical (unpaired) electrons. The maximum atomic E-state index is 13.9. The molecule has 2 aromatic heterocycles. The largest absolute Gasteiger partial charge is 0.496 e. The minimum absolute atomic E-state index is 0.326. The van der Waals surface area contributed by atoms with Gasteiger partial charge in [0.25, 0.3) is 0 Å². The molecule has 3 amide bonds. The Balaban J connectivity index is 1.80. The number of rotatable bonds is 8. The number of benzene rings is 1. The highest BCUT2D eigenvalue weighted by Gasteiger charge is 2.49. The fourth-order valence-corrected chi connectivity index (χ4v) is 5.61. The molecular formula is C24H30N6O4S. The van der Waals surface area contributed by atoms with Crippen molar-refractivity contribution in [1.82, 2.24) is 25.2 Å². The van der Waals surface area contributed by atoms with Gasteiger partial charge in [0.15, 0.2) is 6.23 Å². The van der Waals surface area contributed by atoms with Crippen LogP contribution in [0.15, 0.2) is 36.7 Å². The fraction of sp³-hybridized carbons (Fsp3) is 0.417. The van der Waals surface area contributed by atoms with Gasteiger partial charge in [0, 0.05) is 18.7 Å². The number of aliphatic hydroxyl groups excluding tert-OH is 1. The summed E-state index contributed by atoms with van der Waals surface area (Å²) in [6.45, 7) is 7.69. The second-order valence-corrected chi connectivity index (χ2v) is 9.71. The summed E-state index contributed by atoms with van der Waals surface area (Å²) < 4.78 is 5.48. The highest BCUT2D eigenvalue weighted by molar-refractivity contribution is 7.19. The second kappa shape index (κ2) is 9.67. The third-order valence-electron chi connectivity index (χ3n) is 6.23. The van der Waals surface area contributed by atoms with Gasteiger partial charge in [-0.3, -0.25) is 14.6 Å². The number of methoxy groups -OCH3 is 1. The minimum Gasteiger partial charge on any atom is -0.496 e. The molecule has 0 bridgehead atoms. The molecule has 3 aromatic rings. The van der Waals surface area contributed by atoms with Gasteiger partial charge < -0.3 is 15.2 Å². The number of carbonyl (C=O) groups excluding carboxylic acids is 2. The molecule has 1 atom stereocenters. The molecule has 1 aliphatic rings. The first kappa shape index (κ1) is 24.7. The number of thiophene rings is 1. The summed E-state index contributed by atoms with van der Waals surface area (Å²) in [7, 11) is 1.61. The number of nitrogens with one attached hydrogen (secondary N) is 1. The van der Waals surface area contributed by atoms with Crippen LogP contribution in [0, 0.1) is 6.92 Å². The summed E-state index contributed by atoms with van der Waals surface area (Å²) >= 11 is 1.34. The van der Waals surface area contributed by atoms with Crippen LogP contribution < -0.4 is 15.0 Å². The van der Waals surface area contributed by atoms with Crippen molar-refractivity contribution in [2.75, 3.05) is 25.1 Å². The summed E-state index contributed by atoms with van der Waals surface area (Å²) in [5.74, 6) is 0.392. The van der Waals surface area contributed by atoms with Crippen molar-refractivity contribution < 1.29 is 19.4 Å². The zero-order valence-corrected chi connectivity index (χ0v) is 21.3. The Labute approximate surface area is 208 Å². The van der Waals surface area contributed by atoms with E-state index < -0.39 is 17.8 Å². The second-order valence-electron chi connectivity index (χ2n) is 8.73. The number of amides is 3. The Morgan fingerprint density at radius 3 is 2.57 bits per heavy atom. The number of likely N-dealkylation sites (N-methyl/N-ethyl adjacent to an activating group) is 1. The van der Waals surface area contributed by atoms with Crippen LogP contribution in [-0.4, -0.2) is 62.7 Å². The van der Waals surface area contributed by atoms with Crippen molar-refractivity contribution in [2.45, 2.75) is 45.9 Å². The van der Waals surface area contributed by atoms with Gasteiger partial charge >= 0.3 is 6.03 Å². The Morgan fingerprint density at radius 1 is 1.23 bits per heavy atom. The van der Waals surface area contributed by atoms with E-state index in [9.17, 15) is 14.7 Å². The molecule has 0 aliphatic carbocycles. The van der Waals surface area contributed by atoms with E-state index in [0.717, 1.165) is 16.9 Å². The van der Waals surface area contributed by atoms with Crippen molar-refractivity contribution in [3.63, 3.8) is 0 Å². The van der Waals surface area contributed by atoms with Gasteiger partial charge in [0.2, 0.25) is 5.91 Å². The third kappa shape index (κ3) is 4.25. The van der Waals surface area contributed by atoms with E-state index in [1.807, 2.05) is 38.1 Å². The van der Waals surface area contributed by atoms with E-state index in [1.54, 1.807) is 38.3 Å². The van der Waals surface area contributed by atoms with E-state index >= 15 is 0 Å². The molecule has 2 N–H and O–H groups in total. The molecule has 0 spiro atoms.